The van der Waals surface area contributed by atoms with Crippen molar-refractivity contribution in [2.75, 3.05) is 19.6 Å². The molecule has 0 aliphatic carbocycles. The zero-order chi connectivity index (χ0) is 16.9. The van der Waals surface area contributed by atoms with Gasteiger partial charge in [0.1, 0.15) is 6.26 Å². The Morgan fingerprint density at radius 3 is 2.88 bits per heavy atom. The molecule has 1 atom stereocenters. The Morgan fingerprint density at radius 2 is 2.12 bits per heavy atom. The highest BCUT2D eigenvalue weighted by atomic mass is 16.4. The highest BCUT2D eigenvalue weighted by Gasteiger charge is 2.23. The minimum Gasteiger partial charge on any atom is -0.502 e. The Kier molecular flexibility index (Phi) is 4.96. The summed E-state index contributed by atoms with van der Waals surface area (Å²) in [5, 5.41) is 11.9. The number of aromatic hydroxyl groups is 1. The monoisotopic (exact) mass is 328 g/mol. The van der Waals surface area contributed by atoms with E-state index >= 15 is 0 Å². The number of carbonyl (C=O) groups is 1. The average Bonchev–Trinajstić information content (AvgIpc) is 3.03. The molecule has 2 aromatic rings. The van der Waals surface area contributed by atoms with Gasteiger partial charge in [0.2, 0.25) is 5.43 Å². The number of benzene rings is 1. The van der Waals surface area contributed by atoms with E-state index in [9.17, 15) is 9.59 Å². The maximum atomic E-state index is 12.0. The summed E-state index contributed by atoms with van der Waals surface area (Å²) in [6.07, 6.45) is 1.90. The third-order valence-corrected chi connectivity index (χ3v) is 4.21. The van der Waals surface area contributed by atoms with Crippen molar-refractivity contribution in [2.45, 2.75) is 13.0 Å². The van der Waals surface area contributed by atoms with Crippen molar-refractivity contribution in [2.24, 2.45) is 5.92 Å². The van der Waals surface area contributed by atoms with Gasteiger partial charge in [0, 0.05) is 25.7 Å². The molecule has 1 aliphatic rings. The van der Waals surface area contributed by atoms with Gasteiger partial charge < -0.3 is 14.8 Å². The Morgan fingerprint density at radius 1 is 1.33 bits per heavy atom. The van der Waals surface area contributed by atoms with E-state index in [1.165, 1.54) is 5.56 Å². The number of nitrogens with zero attached hydrogens (tertiary/aromatic N) is 1. The van der Waals surface area contributed by atoms with Crippen LogP contribution in [0.5, 0.6) is 5.75 Å². The van der Waals surface area contributed by atoms with Crippen LogP contribution >= 0.6 is 0 Å². The molecular weight excluding hydrogens is 308 g/mol. The zero-order valence-corrected chi connectivity index (χ0v) is 13.3. The topological polar surface area (TPSA) is 82.8 Å². The summed E-state index contributed by atoms with van der Waals surface area (Å²) in [7, 11) is 0. The van der Waals surface area contributed by atoms with Crippen LogP contribution in [-0.4, -0.2) is 35.5 Å². The number of hydrogen-bond acceptors (Lipinski definition) is 5. The zero-order valence-electron chi connectivity index (χ0n) is 13.3. The molecule has 1 aliphatic heterocycles. The van der Waals surface area contributed by atoms with E-state index in [2.05, 4.69) is 22.3 Å². The summed E-state index contributed by atoms with van der Waals surface area (Å²) in [5.74, 6) is -0.647. The molecule has 6 heteroatoms. The standard InChI is InChI=1S/C18H20N2O4/c21-15-8-17(24-12-16(15)22)18(23)19-9-14-6-7-20(11-14)10-13-4-2-1-3-5-13/h1-5,8,12,14,22H,6-7,9-11H2,(H,19,23)/t14-/m0/s1. The Bertz CT molecular complexity index is 757. The second-order valence-electron chi connectivity index (χ2n) is 6.08. The predicted molar refractivity (Wildman–Crippen MR) is 88.8 cm³/mol. The third-order valence-electron chi connectivity index (χ3n) is 4.21. The van der Waals surface area contributed by atoms with Crippen molar-refractivity contribution < 1.29 is 14.3 Å². The molecule has 126 valence electrons. The molecule has 1 aromatic carbocycles. The Balaban J connectivity index is 1.48. The maximum Gasteiger partial charge on any atom is 0.287 e. The van der Waals surface area contributed by atoms with Crippen LogP contribution in [0.15, 0.2) is 51.9 Å². The summed E-state index contributed by atoms with van der Waals surface area (Å²) in [6, 6.07) is 11.3. The molecule has 0 radical (unpaired) electrons. The molecule has 2 N–H and O–H groups in total. The van der Waals surface area contributed by atoms with E-state index in [0.717, 1.165) is 38.4 Å². The molecule has 3 rings (SSSR count). The van der Waals surface area contributed by atoms with Crippen LogP contribution in [0.25, 0.3) is 0 Å². The molecule has 0 spiro atoms. The van der Waals surface area contributed by atoms with Crippen LogP contribution in [0.4, 0.5) is 0 Å². The quantitative estimate of drug-likeness (QED) is 0.871. The van der Waals surface area contributed by atoms with Crippen molar-refractivity contribution in [1.82, 2.24) is 10.2 Å². The van der Waals surface area contributed by atoms with E-state index in [1.54, 1.807) is 0 Å². The summed E-state index contributed by atoms with van der Waals surface area (Å²) in [6.45, 7) is 3.38. The highest BCUT2D eigenvalue weighted by Crippen LogP contribution is 2.18. The highest BCUT2D eigenvalue weighted by molar-refractivity contribution is 5.91. The second kappa shape index (κ2) is 7.31. The Hall–Kier alpha value is -2.60. The van der Waals surface area contributed by atoms with Crippen LogP contribution in [-0.2, 0) is 6.54 Å². The SMILES string of the molecule is O=C(NC[C@@H]1CCN(Cc2ccccc2)C1)c1cc(=O)c(O)co1. The third kappa shape index (κ3) is 4.02. The number of carbonyl (C=O) groups excluding carboxylic acids is 1. The molecule has 6 nitrogen and oxygen atoms in total. The summed E-state index contributed by atoms with van der Waals surface area (Å²) in [4.78, 5) is 25.7. The fourth-order valence-electron chi connectivity index (χ4n) is 2.91. The molecule has 1 saturated heterocycles. The molecule has 1 fully saturated rings. The smallest absolute Gasteiger partial charge is 0.287 e. The number of hydrogen-bond donors (Lipinski definition) is 2. The van der Waals surface area contributed by atoms with E-state index in [-0.39, 0.29) is 5.76 Å². The van der Waals surface area contributed by atoms with Crippen LogP contribution in [0.3, 0.4) is 0 Å². The largest absolute Gasteiger partial charge is 0.502 e. The molecule has 1 aromatic heterocycles. The lowest BCUT2D eigenvalue weighted by Gasteiger charge is -2.16. The first kappa shape index (κ1) is 16.3. The Labute approximate surface area is 139 Å². The van der Waals surface area contributed by atoms with Crippen LogP contribution in [0.2, 0.25) is 0 Å². The van der Waals surface area contributed by atoms with Gasteiger partial charge in [0.05, 0.1) is 0 Å². The van der Waals surface area contributed by atoms with Gasteiger partial charge in [-0.05, 0) is 24.4 Å². The number of nitrogens with one attached hydrogen (secondary N) is 1. The van der Waals surface area contributed by atoms with Crippen molar-refractivity contribution >= 4 is 5.91 Å². The van der Waals surface area contributed by atoms with Crippen LogP contribution < -0.4 is 10.7 Å². The summed E-state index contributed by atoms with van der Waals surface area (Å²) < 4.78 is 4.94. The van der Waals surface area contributed by atoms with Crippen LogP contribution in [0.1, 0.15) is 22.5 Å². The van der Waals surface area contributed by atoms with Crippen molar-refractivity contribution in [3.63, 3.8) is 0 Å². The summed E-state index contributed by atoms with van der Waals surface area (Å²) >= 11 is 0. The van der Waals surface area contributed by atoms with Gasteiger partial charge in [0.25, 0.3) is 5.91 Å². The van der Waals surface area contributed by atoms with Gasteiger partial charge in [-0.25, -0.2) is 0 Å². The number of likely N-dealkylation sites (tertiary alicyclic amines) is 1. The van der Waals surface area contributed by atoms with Gasteiger partial charge in [0.15, 0.2) is 11.5 Å². The fraction of sp³-hybridized carbons (Fsp3) is 0.333. The minimum absolute atomic E-state index is 0.0862. The second-order valence-corrected chi connectivity index (χ2v) is 6.08. The molecule has 24 heavy (non-hydrogen) atoms. The molecule has 0 bridgehead atoms. The van der Waals surface area contributed by atoms with E-state index in [1.807, 2.05) is 18.2 Å². The molecule has 1 amide bonds. The molecule has 0 saturated carbocycles. The van der Waals surface area contributed by atoms with E-state index < -0.39 is 17.1 Å². The van der Waals surface area contributed by atoms with Crippen molar-refractivity contribution in [3.8, 4) is 5.75 Å². The molecule has 0 unspecified atom stereocenters. The van der Waals surface area contributed by atoms with Gasteiger partial charge in [-0.2, -0.15) is 0 Å². The van der Waals surface area contributed by atoms with Crippen LogP contribution in [0, 0.1) is 5.92 Å². The first-order valence-electron chi connectivity index (χ1n) is 7.98. The minimum atomic E-state index is -0.624. The number of rotatable bonds is 5. The van der Waals surface area contributed by atoms with E-state index in [0.29, 0.717) is 12.5 Å². The van der Waals surface area contributed by atoms with Gasteiger partial charge in [-0.3, -0.25) is 14.5 Å². The first-order valence-corrected chi connectivity index (χ1v) is 7.98. The molecular formula is C18H20N2O4. The van der Waals surface area contributed by atoms with Gasteiger partial charge >= 0.3 is 0 Å². The van der Waals surface area contributed by atoms with Gasteiger partial charge in [-0.15, -0.1) is 0 Å². The predicted octanol–water partition coefficient (Wildman–Crippen LogP) is 1.60. The van der Waals surface area contributed by atoms with E-state index in [4.69, 9.17) is 9.52 Å². The van der Waals surface area contributed by atoms with Crippen molar-refractivity contribution in [1.29, 1.82) is 0 Å². The molecule has 2 heterocycles. The lowest BCUT2D eigenvalue weighted by Crippen LogP contribution is -2.31. The first-order chi connectivity index (χ1) is 11.6. The maximum absolute atomic E-state index is 12.0. The lowest BCUT2D eigenvalue weighted by molar-refractivity contribution is 0.0916. The number of amides is 1. The fourth-order valence-corrected chi connectivity index (χ4v) is 2.91. The lowest BCUT2D eigenvalue weighted by atomic mass is 10.1. The normalized spacial score (nSPS) is 17.8. The summed E-state index contributed by atoms with van der Waals surface area (Å²) in [5.41, 5.74) is 0.661. The van der Waals surface area contributed by atoms with Gasteiger partial charge in [-0.1, -0.05) is 30.3 Å². The average molecular weight is 328 g/mol. The van der Waals surface area contributed by atoms with Crippen molar-refractivity contribution in [3.05, 3.63) is 64.2 Å².